The molecule has 1 aliphatic heterocycles. The molecule has 1 N–H and O–H groups in total. The molecule has 0 bridgehead atoms. The lowest BCUT2D eigenvalue weighted by molar-refractivity contribution is 0.0746. The molecular weight excluding hydrogens is 412 g/mol. The lowest BCUT2D eigenvalue weighted by atomic mass is 10.2. The average molecular weight is 433 g/mol. The van der Waals surface area contributed by atoms with Crippen LogP contribution in [0.1, 0.15) is 28.8 Å². The van der Waals surface area contributed by atoms with Crippen LogP contribution in [0.15, 0.2) is 42.5 Å². The van der Waals surface area contributed by atoms with E-state index in [0.717, 1.165) is 30.0 Å². The van der Waals surface area contributed by atoms with Crippen molar-refractivity contribution in [2.75, 3.05) is 36.4 Å². The zero-order valence-corrected chi connectivity index (χ0v) is 17.6. The van der Waals surface area contributed by atoms with Gasteiger partial charge in [0.25, 0.3) is 5.91 Å². The number of hydrogen-bond donors (Lipinski definition) is 1. The van der Waals surface area contributed by atoms with Crippen molar-refractivity contribution in [3.05, 3.63) is 58.6 Å². The maximum atomic E-state index is 12.8. The Kier molecular flexibility index (Phi) is 5.08. The van der Waals surface area contributed by atoms with Crippen LogP contribution in [0.2, 0.25) is 5.02 Å². The smallest absolute Gasteiger partial charge is 0.253 e. The number of nitrogens with zero attached hydrogens (tertiary/aromatic N) is 5. The minimum atomic E-state index is 0.0151. The van der Waals surface area contributed by atoms with Gasteiger partial charge in [-0.15, -0.1) is 0 Å². The van der Waals surface area contributed by atoms with Crippen LogP contribution in [-0.4, -0.2) is 53.0 Å². The fourth-order valence-electron chi connectivity index (χ4n) is 3.75. The highest BCUT2D eigenvalue weighted by Gasteiger charge is 2.28. The molecule has 2 fully saturated rings. The number of aromatic nitrogens is 2. The van der Waals surface area contributed by atoms with E-state index in [1.165, 1.54) is 0 Å². The fourth-order valence-corrected chi connectivity index (χ4v) is 3.88. The van der Waals surface area contributed by atoms with E-state index in [2.05, 4.69) is 16.3 Å². The molecule has 0 unspecified atom stereocenters. The van der Waals surface area contributed by atoms with E-state index in [1.54, 1.807) is 36.4 Å². The molecule has 3 aromatic rings. The number of hydrogen-bond acceptors (Lipinski definition) is 6. The van der Waals surface area contributed by atoms with E-state index < -0.39 is 0 Å². The van der Waals surface area contributed by atoms with Gasteiger partial charge in [-0.2, -0.15) is 5.26 Å². The molecule has 2 heterocycles. The number of anilines is 2. The molecule has 5 rings (SSSR count). The highest BCUT2D eigenvalue weighted by Crippen LogP contribution is 2.31. The molecular formula is C23H21ClN6O. The van der Waals surface area contributed by atoms with Crippen molar-refractivity contribution in [2.45, 2.75) is 18.9 Å². The van der Waals surface area contributed by atoms with Crippen LogP contribution in [0.5, 0.6) is 0 Å². The molecule has 31 heavy (non-hydrogen) atoms. The second-order valence-corrected chi connectivity index (χ2v) is 8.35. The molecule has 1 aliphatic carbocycles. The lowest BCUT2D eigenvalue weighted by Crippen LogP contribution is -2.49. The maximum absolute atomic E-state index is 12.8. The largest absolute Gasteiger partial charge is 0.364 e. The number of nitrogens with one attached hydrogen (secondary N) is 1. The standard InChI is InChI=1S/C23H21ClN6O/c24-17-4-2-16(3-5-17)23(31)30-11-9-29(10-12-30)22-21(26-18-6-7-18)27-20-13-15(14-25)1-8-19(20)28-22/h1-5,8,13,18H,6-7,9-12H2,(H,26,27). The molecule has 0 atom stereocenters. The molecule has 0 spiro atoms. The van der Waals surface area contributed by atoms with Gasteiger partial charge in [0.15, 0.2) is 11.6 Å². The average Bonchev–Trinajstić information content (AvgIpc) is 3.62. The summed E-state index contributed by atoms with van der Waals surface area (Å²) in [7, 11) is 0. The molecule has 0 radical (unpaired) electrons. The monoisotopic (exact) mass is 432 g/mol. The van der Waals surface area contributed by atoms with Crippen LogP contribution in [0.3, 0.4) is 0 Å². The Morgan fingerprint density at radius 2 is 1.77 bits per heavy atom. The molecule has 2 aromatic carbocycles. The van der Waals surface area contributed by atoms with Gasteiger partial charge >= 0.3 is 0 Å². The topological polar surface area (TPSA) is 85.2 Å². The van der Waals surface area contributed by atoms with E-state index in [-0.39, 0.29) is 5.91 Å². The number of amides is 1. The molecule has 1 aromatic heterocycles. The van der Waals surface area contributed by atoms with Crippen LogP contribution in [0.4, 0.5) is 11.6 Å². The normalized spacial score (nSPS) is 16.3. The van der Waals surface area contributed by atoms with Gasteiger partial charge in [-0.25, -0.2) is 9.97 Å². The summed E-state index contributed by atoms with van der Waals surface area (Å²) in [6.45, 7) is 2.57. The Hall–Kier alpha value is -3.37. The van der Waals surface area contributed by atoms with Crippen LogP contribution >= 0.6 is 11.6 Å². The van der Waals surface area contributed by atoms with Gasteiger partial charge < -0.3 is 15.1 Å². The Balaban J connectivity index is 1.37. The summed E-state index contributed by atoms with van der Waals surface area (Å²) in [6.07, 6.45) is 2.25. The Morgan fingerprint density at radius 3 is 2.45 bits per heavy atom. The van der Waals surface area contributed by atoms with E-state index in [4.69, 9.17) is 21.6 Å². The number of fused-ring (bicyclic) bond motifs is 1. The summed E-state index contributed by atoms with van der Waals surface area (Å²) >= 11 is 5.94. The van der Waals surface area contributed by atoms with E-state index in [1.807, 2.05) is 11.0 Å². The Labute approximate surface area is 185 Å². The molecule has 1 saturated heterocycles. The highest BCUT2D eigenvalue weighted by molar-refractivity contribution is 6.30. The number of piperazine rings is 1. The second-order valence-electron chi connectivity index (χ2n) is 7.92. The number of rotatable bonds is 4. The summed E-state index contributed by atoms with van der Waals surface area (Å²) < 4.78 is 0. The van der Waals surface area contributed by atoms with E-state index in [0.29, 0.717) is 53.9 Å². The first kappa shape index (κ1) is 19.6. The molecule has 1 amide bonds. The summed E-state index contributed by atoms with van der Waals surface area (Å²) in [4.78, 5) is 26.5. The van der Waals surface area contributed by atoms with Crippen molar-refractivity contribution in [2.24, 2.45) is 0 Å². The van der Waals surface area contributed by atoms with Crippen molar-refractivity contribution in [1.82, 2.24) is 14.9 Å². The first-order chi connectivity index (χ1) is 15.1. The predicted octanol–water partition coefficient (Wildman–Crippen LogP) is 3.69. The van der Waals surface area contributed by atoms with Crippen molar-refractivity contribution < 1.29 is 4.79 Å². The van der Waals surface area contributed by atoms with Crippen molar-refractivity contribution in [3.8, 4) is 6.07 Å². The highest BCUT2D eigenvalue weighted by atomic mass is 35.5. The van der Waals surface area contributed by atoms with Gasteiger partial charge in [0.1, 0.15) is 0 Å². The Morgan fingerprint density at radius 1 is 1.03 bits per heavy atom. The second kappa shape index (κ2) is 8.05. The molecule has 1 saturated carbocycles. The van der Waals surface area contributed by atoms with E-state index in [9.17, 15) is 10.1 Å². The summed E-state index contributed by atoms with van der Waals surface area (Å²) in [5.41, 5.74) is 2.69. The fraction of sp³-hybridized carbons (Fsp3) is 0.304. The quantitative estimate of drug-likeness (QED) is 0.676. The minimum Gasteiger partial charge on any atom is -0.364 e. The van der Waals surface area contributed by atoms with Crippen molar-refractivity contribution in [3.63, 3.8) is 0 Å². The van der Waals surface area contributed by atoms with Crippen molar-refractivity contribution >= 4 is 40.2 Å². The van der Waals surface area contributed by atoms with Gasteiger partial charge in [0, 0.05) is 42.8 Å². The Bertz CT molecular complexity index is 1180. The van der Waals surface area contributed by atoms with Crippen LogP contribution < -0.4 is 10.2 Å². The SMILES string of the molecule is N#Cc1ccc2nc(N3CCN(C(=O)c4ccc(Cl)cc4)CC3)c(NC3CC3)nc2c1. The van der Waals surface area contributed by atoms with Crippen LogP contribution in [0, 0.1) is 11.3 Å². The summed E-state index contributed by atoms with van der Waals surface area (Å²) in [6, 6.07) is 15.0. The van der Waals surface area contributed by atoms with E-state index >= 15 is 0 Å². The van der Waals surface area contributed by atoms with Crippen LogP contribution in [0.25, 0.3) is 11.0 Å². The maximum Gasteiger partial charge on any atom is 0.253 e. The third kappa shape index (κ3) is 4.12. The van der Waals surface area contributed by atoms with Crippen molar-refractivity contribution in [1.29, 1.82) is 5.26 Å². The van der Waals surface area contributed by atoms with Crippen LogP contribution in [-0.2, 0) is 0 Å². The molecule has 2 aliphatic rings. The molecule has 156 valence electrons. The number of nitriles is 1. The van der Waals surface area contributed by atoms with Gasteiger partial charge in [-0.05, 0) is 55.3 Å². The number of halogens is 1. The number of carbonyl (C=O) groups is 1. The summed E-state index contributed by atoms with van der Waals surface area (Å²) in [5.74, 6) is 1.58. The predicted molar refractivity (Wildman–Crippen MR) is 120 cm³/mol. The first-order valence-corrected chi connectivity index (χ1v) is 10.8. The zero-order valence-electron chi connectivity index (χ0n) is 16.9. The van der Waals surface area contributed by atoms with Gasteiger partial charge in [0.05, 0.1) is 22.7 Å². The summed E-state index contributed by atoms with van der Waals surface area (Å²) in [5, 5.41) is 13.3. The van der Waals surface area contributed by atoms with Gasteiger partial charge in [0.2, 0.25) is 0 Å². The van der Waals surface area contributed by atoms with Gasteiger partial charge in [-0.3, -0.25) is 4.79 Å². The number of carbonyl (C=O) groups excluding carboxylic acids is 1. The zero-order chi connectivity index (χ0) is 21.4. The third-order valence-electron chi connectivity index (χ3n) is 5.65. The van der Waals surface area contributed by atoms with Gasteiger partial charge in [-0.1, -0.05) is 11.6 Å². The lowest BCUT2D eigenvalue weighted by Gasteiger charge is -2.36. The third-order valence-corrected chi connectivity index (χ3v) is 5.90. The molecule has 8 heteroatoms. The first-order valence-electron chi connectivity index (χ1n) is 10.4. The number of benzene rings is 2. The minimum absolute atomic E-state index is 0.0151. The molecule has 7 nitrogen and oxygen atoms in total.